The molecule has 0 aliphatic heterocycles. The van der Waals surface area contributed by atoms with Crippen LogP contribution in [0.5, 0.6) is 17.2 Å². The first-order valence-corrected chi connectivity index (χ1v) is 7.54. The molecule has 0 heterocycles. The Balaban J connectivity index is 1.89. The van der Waals surface area contributed by atoms with Gasteiger partial charge in [0.1, 0.15) is 17.2 Å². The quantitative estimate of drug-likeness (QED) is 0.605. The highest BCUT2D eigenvalue weighted by molar-refractivity contribution is 6.01. The van der Waals surface area contributed by atoms with Crippen LogP contribution in [-0.4, -0.2) is 30.4 Å². The maximum absolute atomic E-state index is 11.8. The van der Waals surface area contributed by atoms with E-state index in [0.717, 1.165) is 11.3 Å². The molecule has 0 saturated heterocycles. The number of carbonyl (C=O) groups excluding carboxylic acids is 1. The molecule has 2 aromatic carbocycles. The fourth-order valence-electron chi connectivity index (χ4n) is 1.98. The minimum Gasteiger partial charge on any atom is -0.508 e. The van der Waals surface area contributed by atoms with E-state index in [1.165, 1.54) is 0 Å². The average Bonchev–Trinajstić information content (AvgIpc) is 2.62. The second-order valence-electron chi connectivity index (χ2n) is 4.96. The fraction of sp³-hybridized carbons (Fsp3) is 0.222. The number of nitrogens with zero attached hydrogens (tertiary/aromatic N) is 1. The van der Waals surface area contributed by atoms with Gasteiger partial charge in [-0.25, -0.2) is 5.43 Å². The molecule has 0 fully saturated rings. The normalized spacial score (nSPS) is 11.0. The molecule has 2 aromatic rings. The van der Waals surface area contributed by atoms with Gasteiger partial charge in [0, 0.05) is 0 Å². The molecule has 0 spiro atoms. The summed E-state index contributed by atoms with van der Waals surface area (Å²) in [7, 11) is 1.58. The SMILES string of the molecule is CCC(=NNC(=O)COc1ccc(OC)cc1)c1ccc(O)cc1. The van der Waals surface area contributed by atoms with E-state index in [4.69, 9.17) is 9.47 Å². The Labute approximate surface area is 140 Å². The lowest BCUT2D eigenvalue weighted by Crippen LogP contribution is -2.26. The van der Waals surface area contributed by atoms with Gasteiger partial charge in [0.15, 0.2) is 6.61 Å². The zero-order valence-electron chi connectivity index (χ0n) is 13.7. The fourth-order valence-corrected chi connectivity index (χ4v) is 1.98. The average molecular weight is 328 g/mol. The third kappa shape index (κ3) is 5.01. The van der Waals surface area contributed by atoms with Gasteiger partial charge >= 0.3 is 0 Å². The van der Waals surface area contributed by atoms with Gasteiger partial charge in [0.25, 0.3) is 5.91 Å². The minimum absolute atomic E-state index is 0.137. The number of methoxy groups -OCH3 is 1. The van der Waals surface area contributed by atoms with Crippen molar-refractivity contribution in [1.29, 1.82) is 0 Å². The van der Waals surface area contributed by atoms with Crippen LogP contribution in [0.15, 0.2) is 53.6 Å². The number of benzene rings is 2. The van der Waals surface area contributed by atoms with Gasteiger partial charge < -0.3 is 14.6 Å². The van der Waals surface area contributed by atoms with Crippen molar-refractivity contribution < 1.29 is 19.4 Å². The first-order valence-electron chi connectivity index (χ1n) is 7.54. The minimum atomic E-state index is -0.351. The van der Waals surface area contributed by atoms with Crippen molar-refractivity contribution in [2.45, 2.75) is 13.3 Å². The number of aromatic hydroxyl groups is 1. The van der Waals surface area contributed by atoms with Crippen LogP contribution in [0.2, 0.25) is 0 Å². The number of nitrogens with one attached hydrogen (secondary N) is 1. The van der Waals surface area contributed by atoms with Crippen LogP contribution in [0.4, 0.5) is 0 Å². The molecule has 24 heavy (non-hydrogen) atoms. The Bertz CT molecular complexity index is 694. The maximum atomic E-state index is 11.8. The Morgan fingerprint density at radius 2 is 1.71 bits per heavy atom. The molecule has 0 radical (unpaired) electrons. The van der Waals surface area contributed by atoms with E-state index < -0.39 is 0 Å². The molecule has 2 rings (SSSR count). The lowest BCUT2D eigenvalue weighted by molar-refractivity contribution is -0.123. The molecule has 6 heteroatoms. The van der Waals surface area contributed by atoms with Crippen molar-refractivity contribution in [3.05, 3.63) is 54.1 Å². The molecule has 0 aliphatic rings. The predicted molar refractivity (Wildman–Crippen MR) is 91.6 cm³/mol. The maximum Gasteiger partial charge on any atom is 0.277 e. The van der Waals surface area contributed by atoms with Crippen molar-refractivity contribution in [3.8, 4) is 17.2 Å². The molecule has 0 unspecified atom stereocenters. The summed E-state index contributed by atoms with van der Waals surface area (Å²) in [6, 6.07) is 13.6. The summed E-state index contributed by atoms with van der Waals surface area (Å²) in [5.74, 6) is 1.13. The molecule has 0 aliphatic carbocycles. The van der Waals surface area contributed by atoms with E-state index in [2.05, 4.69) is 10.5 Å². The van der Waals surface area contributed by atoms with Gasteiger partial charge in [-0.3, -0.25) is 4.79 Å². The van der Waals surface area contributed by atoms with Crippen LogP contribution in [0.25, 0.3) is 0 Å². The Morgan fingerprint density at radius 1 is 1.08 bits per heavy atom. The summed E-state index contributed by atoms with van der Waals surface area (Å²) in [5, 5.41) is 13.4. The van der Waals surface area contributed by atoms with Crippen LogP contribution < -0.4 is 14.9 Å². The van der Waals surface area contributed by atoms with E-state index in [-0.39, 0.29) is 18.3 Å². The van der Waals surface area contributed by atoms with Crippen LogP contribution in [0.3, 0.4) is 0 Å². The van der Waals surface area contributed by atoms with E-state index >= 15 is 0 Å². The number of amides is 1. The van der Waals surface area contributed by atoms with Gasteiger partial charge in [-0.05, 0) is 60.5 Å². The first-order chi connectivity index (χ1) is 11.6. The molecule has 6 nitrogen and oxygen atoms in total. The zero-order valence-corrected chi connectivity index (χ0v) is 13.7. The molecule has 0 atom stereocenters. The Hall–Kier alpha value is -3.02. The lowest BCUT2D eigenvalue weighted by atomic mass is 10.1. The summed E-state index contributed by atoms with van der Waals surface area (Å²) in [6.45, 7) is 1.80. The summed E-state index contributed by atoms with van der Waals surface area (Å²) in [5.41, 5.74) is 4.03. The van der Waals surface area contributed by atoms with Crippen LogP contribution in [-0.2, 0) is 4.79 Å². The summed E-state index contributed by atoms with van der Waals surface area (Å²) >= 11 is 0. The molecule has 0 saturated carbocycles. The topological polar surface area (TPSA) is 80.2 Å². The van der Waals surface area contributed by atoms with Gasteiger partial charge in [-0.1, -0.05) is 6.92 Å². The number of ether oxygens (including phenoxy) is 2. The van der Waals surface area contributed by atoms with Crippen molar-refractivity contribution in [3.63, 3.8) is 0 Å². The Kier molecular flexibility index (Phi) is 6.19. The third-order valence-electron chi connectivity index (χ3n) is 3.28. The molecule has 2 N–H and O–H groups in total. The molecule has 1 amide bonds. The van der Waals surface area contributed by atoms with E-state index in [1.807, 2.05) is 6.92 Å². The lowest BCUT2D eigenvalue weighted by Gasteiger charge is -2.07. The van der Waals surface area contributed by atoms with Gasteiger partial charge in [0.2, 0.25) is 0 Å². The van der Waals surface area contributed by atoms with Gasteiger partial charge in [-0.15, -0.1) is 0 Å². The van der Waals surface area contributed by atoms with Crippen molar-refractivity contribution in [1.82, 2.24) is 5.43 Å². The summed E-state index contributed by atoms with van der Waals surface area (Å²) in [4.78, 5) is 11.8. The highest BCUT2D eigenvalue weighted by Gasteiger charge is 2.05. The number of hydrogen-bond donors (Lipinski definition) is 2. The zero-order chi connectivity index (χ0) is 17.4. The summed E-state index contributed by atoms with van der Waals surface area (Å²) < 4.78 is 10.4. The molecular formula is C18H20N2O4. The largest absolute Gasteiger partial charge is 0.508 e. The van der Waals surface area contributed by atoms with Crippen LogP contribution in [0.1, 0.15) is 18.9 Å². The highest BCUT2D eigenvalue weighted by atomic mass is 16.5. The van der Waals surface area contributed by atoms with Crippen LogP contribution >= 0.6 is 0 Å². The number of phenolic OH excluding ortho intramolecular Hbond substituents is 1. The van der Waals surface area contributed by atoms with E-state index in [0.29, 0.717) is 17.9 Å². The first kappa shape index (κ1) is 17.3. The Morgan fingerprint density at radius 3 is 2.29 bits per heavy atom. The van der Waals surface area contributed by atoms with Crippen LogP contribution in [0, 0.1) is 0 Å². The van der Waals surface area contributed by atoms with Gasteiger partial charge in [0.05, 0.1) is 12.8 Å². The standard InChI is InChI=1S/C18H20N2O4/c1-3-17(13-4-6-14(21)7-5-13)19-20-18(22)12-24-16-10-8-15(23-2)9-11-16/h4-11,21H,3,12H2,1-2H3,(H,20,22). The summed E-state index contributed by atoms with van der Waals surface area (Å²) in [6.07, 6.45) is 0.643. The number of rotatable bonds is 7. The monoisotopic (exact) mass is 328 g/mol. The number of hydrogen-bond acceptors (Lipinski definition) is 5. The predicted octanol–water partition coefficient (Wildman–Crippen LogP) is 2.71. The second-order valence-corrected chi connectivity index (χ2v) is 4.96. The smallest absolute Gasteiger partial charge is 0.277 e. The van der Waals surface area contributed by atoms with E-state index in [9.17, 15) is 9.90 Å². The van der Waals surface area contributed by atoms with Crippen molar-refractivity contribution in [2.75, 3.05) is 13.7 Å². The van der Waals surface area contributed by atoms with E-state index in [1.54, 1.807) is 55.6 Å². The van der Waals surface area contributed by atoms with Crippen molar-refractivity contribution in [2.24, 2.45) is 5.10 Å². The van der Waals surface area contributed by atoms with Gasteiger partial charge in [-0.2, -0.15) is 5.10 Å². The molecular weight excluding hydrogens is 308 g/mol. The molecule has 126 valence electrons. The number of carbonyl (C=O) groups is 1. The third-order valence-corrected chi connectivity index (χ3v) is 3.28. The molecule has 0 bridgehead atoms. The second kappa shape index (κ2) is 8.57. The van der Waals surface area contributed by atoms with Crippen molar-refractivity contribution >= 4 is 11.6 Å². The highest BCUT2D eigenvalue weighted by Crippen LogP contribution is 2.16. The number of phenols is 1. The number of hydrazone groups is 1. The molecule has 0 aromatic heterocycles.